The summed E-state index contributed by atoms with van der Waals surface area (Å²) >= 11 is 0. The summed E-state index contributed by atoms with van der Waals surface area (Å²) < 4.78 is 23.2. The minimum Gasteiger partial charge on any atom is -0.457 e. The maximum atomic E-state index is 15.3. The summed E-state index contributed by atoms with van der Waals surface area (Å²) in [6.45, 7) is 3.90. The number of carbonyl (C=O) groups excluding carboxylic acids is 1. The largest absolute Gasteiger partial charge is 0.457 e. The van der Waals surface area contributed by atoms with Gasteiger partial charge in [-0.1, -0.05) is 6.92 Å². The van der Waals surface area contributed by atoms with Crippen LogP contribution < -0.4 is 10.1 Å². The molecule has 0 atom stereocenters. The van der Waals surface area contributed by atoms with E-state index in [9.17, 15) is 4.79 Å². The van der Waals surface area contributed by atoms with Crippen LogP contribution in [0.5, 0.6) is 11.5 Å². The van der Waals surface area contributed by atoms with Gasteiger partial charge in [0.2, 0.25) is 0 Å². The zero-order valence-corrected chi connectivity index (χ0v) is 21.9. The van der Waals surface area contributed by atoms with Crippen molar-refractivity contribution in [2.45, 2.75) is 45.2 Å². The highest BCUT2D eigenvalue weighted by molar-refractivity contribution is 5.97. The normalized spacial score (nSPS) is 17.2. The lowest BCUT2D eigenvalue weighted by molar-refractivity contribution is 0.0849. The van der Waals surface area contributed by atoms with E-state index in [4.69, 9.17) is 4.74 Å². The van der Waals surface area contributed by atoms with Gasteiger partial charge in [0.1, 0.15) is 17.3 Å². The van der Waals surface area contributed by atoms with Gasteiger partial charge in [-0.25, -0.2) is 4.39 Å². The van der Waals surface area contributed by atoms with E-state index in [1.165, 1.54) is 6.07 Å². The second-order valence-electron chi connectivity index (χ2n) is 9.97. The molecule has 2 aromatic carbocycles. The molecule has 1 N–H and O–H groups in total. The van der Waals surface area contributed by atoms with E-state index in [2.05, 4.69) is 20.3 Å². The lowest BCUT2D eigenvalue weighted by Crippen LogP contribution is -2.52. The molecule has 4 aromatic rings. The Labute approximate surface area is 216 Å². The van der Waals surface area contributed by atoms with Crippen LogP contribution in [0.25, 0.3) is 22.2 Å². The molecular formula is C29H32FN5O2. The molecule has 0 unspecified atom stereocenters. The van der Waals surface area contributed by atoms with Gasteiger partial charge < -0.3 is 15.0 Å². The molecule has 8 heteroatoms. The smallest absolute Gasteiger partial charge is 0.254 e. The molecule has 37 heavy (non-hydrogen) atoms. The molecule has 0 aliphatic heterocycles. The summed E-state index contributed by atoms with van der Waals surface area (Å²) in [7, 11) is 5.97. The maximum absolute atomic E-state index is 15.3. The molecule has 7 nitrogen and oxygen atoms in total. The van der Waals surface area contributed by atoms with E-state index >= 15 is 4.39 Å². The fourth-order valence-corrected chi connectivity index (χ4v) is 4.98. The Balaban J connectivity index is 1.37. The molecule has 192 valence electrons. The molecule has 0 bridgehead atoms. The van der Waals surface area contributed by atoms with E-state index in [0.717, 1.165) is 29.4 Å². The van der Waals surface area contributed by atoms with Crippen molar-refractivity contribution in [3.63, 3.8) is 0 Å². The number of pyridine rings is 1. The maximum Gasteiger partial charge on any atom is 0.254 e. The zero-order valence-electron chi connectivity index (χ0n) is 21.9. The predicted molar refractivity (Wildman–Crippen MR) is 142 cm³/mol. The molecule has 1 fully saturated rings. The number of nitrogens with one attached hydrogen (secondary N) is 1. The van der Waals surface area contributed by atoms with Gasteiger partial charge in [0.05, 0.1) is 22.5 Å². The van der Waals surface area contributed by atoms with Crippen LogP contribution in [-0.2, 0) is 13.5 Å². The van der Waals surface area contributed by atoms with Gasteiger partial charge in [-0.15, -0.1) is 0 Å². The SMILES string of the molecule is CCc1cc(-c2cc(Oc3ccc4c(C)nn(C)c4c3)ccn2)cc(F)c1C(=O)NC1CC(N(C)C)C1. The highest BCUT2D eigenvalue weighted by Gasteiger charge is 2.32. The first-order valence-electron chi connectivity index (χ1n) is 12.6. The second kappa shape index (κ2) is 9.94. The van der Waals surface area contributed by atoms with Crippen molar-refractivity contribution in [1.29, 1.82) is 0 Å². The fraction of sp³-hybridized carbons (Fsp3) is 0.345. The first-order chi connectivity index (χ1) is 17.7. The van der Waals surface area contributed by atoms with E-state index in [0.29, 0.717) is 40.8 Å². The lowest BCUT2D eigenvalue weighted by Gasteiger charge is -2.40. The van der Waals surface area contributed by atoms with Gasteiger partial charge in [-0.2, -0.15) is 5.10 Å². The number of aromatic nitrogens is 3. The molecule has 0 spiro atoms. The van der Waals surface area contributed by atoms with E-state index < -0.39 is 5.82 Å². The molecule has 0 saturated heterocycles. The molecule has 1 aliphatic carbocycles. The molecule has 1 amide bonds. The third-order valence-corrected chi connectivity index (χ3v) is 7.23. The lowest BCUT2D eigenvalue weighted by atomic mass is 9.85. The minimum atomic E-state index is -0.541. The van der Waals surface area contributed by atoms with Gasteiger partial charge in [-0.3, -0.25) is 14.5 Å². The summed E-state index contributed by atoms with van der Waals surface area (Å²) in [6, 6.07) is 13.1. The standard InChI is InChI=1S/C29H32FN5O2/c1-6-18-11-19(12-25(30)28(18)29(36)32-20-13-21(14-20)34(3)4)26-15-23(9-10-31-26)37-22-7-8-24-17(2)33-35(5)27(24)16-22/h7-12,15-16,20-21H,6,13-14H2,1-5H3,(H,32,36). The van der Waals surface area contributed by atoms with Crippen LogP contribution >= 0.6 is 0 Å². The Bertz CT molecular complexity index is 1470. The van der Waals surface area contributed by atoms with Crippen molar-refractivity contribution in [2.75, 3.05) is 14.1 Å². The first kappa shape index (κ1) is 24.9. The number of halogens is 1. The van der Waals surface area contributed by atoms with Crippen LogP contribution in [0, 0.1) is 12.7 Å². The van der Waals surface area contributed by atoms with Gasteiger partial charge >= 0.3 is 0 Å². The van der Waals surface area contributed by atoms with Crippen LogP contribution in [0.1, 0.15) is 41.4 Å². The minimum absolute atomic E-state index is 0.0775. The Hall–Kier alpha value is -3.78. The van der Waals surface area contributed by atoms with Crippen molar-refractivity contribution in [3.05, 3.63) is 71.3 Å². The molecule has 1 aliphatic rings. The summed E-state index contributed by atoms with van der Waals surface area (Å²) in [4.78, 5) is 19.5. The third-order valence-electron chi connectivity index (χ3n) is 7.23. The number of fused-ring (bicyclic) bond motifs is 1. The van der Waals surface area contributed by atoms with E-state index in [-0.39, 0.29) is 17.5 Å². The summed E-state index contributed by atoms with van der Waals surface area (Å²) in [6.07, 6.45) is 3.92. The van der Waals surface area contributed by atoms with Crippen molar-refractivity contribution in [1.82, 2.24) is 25.0 Å². The quantitative estimate of drug-likeness (QED) is 0.374. The molecule has 2 aromatic heterocycles. The summed E-state index contributed by atoms with van der Waals surface area (Å²) in [5.41, 5.74) is 3.89. The monoisotopic (exact) mass is 501 g/mol. The number of hydrogen-bond acceptors (Lipinski definition) is 5. The van der Waals surface area contributed by atoms with Gasteiger partial charge in [0.15, 0.2) is 0 Å². The number of amides is 1. The van der Waals surface area contributed by atoms with Crippen LogP contribution in [0.2, 0.25) is 0 Å². The highest BCUT2D eigenvalue weighted by atomic mass is 19.1. The van der Waals surface area contributed by atoms with Crippen molar-refractivity contribution < 1.29 is 13.9 Å². The average molecular weight is 502 g/mol. The van der Waals surface area contributed by atoms with Crippen LogP contribution in [0.3, 0.4) is 0 Å². The van der Waals surface area contributed by atoms with Gasteiger partial charge in [0.25, 0.3) is 5.91 Å². The third kappa shape index (κ3) is 4.93. The van der Waals surface area contributed by atoms with Gasteiger partial charge in [-0.05, 0) is 76.2 Å². The Kier molecular flexibility index (Phi) is 6.69. The zero-order chi connectivity index (χ0) is 26.3. The van der Waals surface area contributed by atoms with Crippen LogP contribution in [0.15, 0.2) is 48.7 Å². The van der Waals surface area contributed by atoms with E-state index in [1.807, 2.05) is 63.9 Å². The van der Waals surface area contributed by atoms with Crippen LogP contribution in [0.4, 0.5) is 4.39 Å². The van der Waals surface area contributed by atoms with Gasteiger partial charge in [0, 0.05) is 48.4 Å². The Morgan fingerprint density at radius 1 is 1.16 bits per heavy atom. The summed E-state index contributed by atoms with van der Waals surface area (Å²) in [5.74, 6) is 0.367. The molecule has 0 radical (unpaired) electrons. The number of aryl methyl sites for hydroxylation is 3. The molecule has 2 heterocycles. The molecular weight excluding hydrogens is 469 g/mol. The van der Waals surface area contributed by atoms with Crippen molar-refractivity contribution >= 4 is 16.8 Å². The number of rotatable bonds is 7. The Morgan fingerprint density at radius 3 is 2.65 bits per heavy atom. The fourth-order valence-electron chi connectivity index (χ4n) is 4.98. The average Bonchev–Trinajstić information content (AvgIpc) is 3.12. The van der Waals surface area contributed by atoms with Crippen molar-refractivity contribution in [2.24, 2.45) is 7.05 Å². The number of benzene rings is 2. The predicted octanol–water partition coefficient (Wildman–Crippen LogP) is 5.26. The highest BCUT2D eigenvalue weighted by Crippen LogP contribution is 2.31. The number of nitrogens with zero attached hydrogens (tertiary/aromatic N) is 4. The first-order valence-corrected chi connectivity index (χ1v) is 12.6. The second-order valence-corrected chi connectivity index (χ2v) is 9.97. The van der Waals surface area contributed by atoms with Crippen LogP contribution in [-0.4, -0.2) is 51.8 Å². The summed E-state index contributed by atoms with van der Waals surface area (Å²) in [5, 5.41) is 8.53. The number of hydrogen-bond donors (Lipinski definition) is 1. The Morgan fingerprint density at radius 2 is 1.92 bits per heavy atom. The number of ether oxygens (including phenoxy) is 1. The molecule has 5 rings (SSSR count). The van der Waals surface area contributed by atoms with E-state index in [1.54, 1.807) is 18.3 Å². The molecule has 1 saturated carbocycles. The number of carbonyl (C=O) groups is 1. The topological polar surface area (TPSA) is 72.3 Å². The van der Waals surface area contributed by atoms with Crippen molar-refractivity contribution in [3.8, 4) is 22.8 Å².